The lowest BCUT2D eigenvalue weighted by molar-refractivity contribution is 0.415. The van der Waals surface area contributed by atoms with E-state index in [1.165, 1.54) is 0 Å². The number of fused-ring (bicyclic) bond motifs is 1. The van der Waals surface area contributed by atoms with Gasteiger partial charge >= 0.3 is 0 Å². The molecule has 0 amide bonds. The molecule has 0 spiro atoms. The summed E-state index contributed by atoms with van der Waals surface area (Å²) >= 11 is 0. The average Bonchev–Trinajstić information content (AvgIpc) is 2.49. The Morgan fingerprint density at radius 2 is 1.85 bits per heavy atom. The fourth-order valence-electron chi connectivity index (χ4n) is 2.30. The molecule has 20 heavy (non-hydrogen) atoms. The van der Waals surface area contributed by atoms with Crippen LogP contribution in [0.1, 0.15) is 0 Å². The summed E-state index contributed by atoms with van der Waals surface area (Å²) in [6.45, 7) is 0. The van der Waals surface area contributed by atoms with Gasteiger partial charge in [-0.25, -0.2) is 0 Å². The Bertz CT molecular complexity index is 819. The number of hydrogen-bond acceptors (Lipinski definition) is 3. The van der Waals surface area contributed by atoms with Crippen LogP contribution in [0.3, 0.4) is 0 Å². The molecule has 0 saturated heterocycles. The van der Waals surface area contributed by atoms with Gasteiger partial charge in [-0.1, -0.05) is 18.2 Å². The zero-order valence-corrected chi connectivity index (χ0v) is 10.9. The molecule has 0 unspecified atom stereocenters. The number of methoxy groups -OCH3 is 1. The number of hydrogen-bond donors (Lipinski definition) is 2. The van der Waals surface area contributed by atoms with Gasteiger partial charge in [0.1, 0.15) is 11.5 Å². The third-order valence-electron chi connectivity index (χ3n) is 3.31. The van der Waals surface area contributed by atoms with Crippen LogP contribution in [0.15, 0.2) is 53.5 Å². The number of H-pyrrole nitrogens is 1. The van der Waals surface area contributed by atoms with Crippen molar-refractivity contribution in [2.24, 2.45) is 0 Å². The van der Waals surface area contributed by atoms with Gasteiger partial charge < -0.3 is 14.8 Å². The molecule has 0 bridgehead atoms. The number of aromatic amines is 1. The standard InChI is InChI=1S/C16H13NO3/c1-20-11-7-5-10(6-8-11)13-9-17-16(19)12-3-2-4-14(18)15(12)13/h2-9,18H,1H3,(H,17,19). The van der Waals surface area contributed by atoms with Crippen LogP contribution < -0.4 is 10.3 Å². The van der Waals surface area contributed by atoms with E-state index in [1.54, 1.807) is 31.5 Å². The molecule has 0 aliphatic carbocycles. The number of pyridine rings is 1. The Morgan fingerprint density at radius 3 is 2.55 bits per heavy atom. The molecule has 2 N–H and O–H groups in total. The van der Waals surface area contributed by atoms with Crippen LogP contribution >= 0.6 is 0 Å². The van der Waals surface area contributed by atoms with Gasteiger partial charge in [-0.15, -0.1) is 0 Å². The number of rotatable bonds is 2. The lowest BCUT2D eigenvalue weighted by Gasteiger charge is -2.08. The van der Waals surface area contributed by atoms with Crippen molar-refractivity contribution in [2.45, 2.75) is 0 Å². The molecule has 0 atom stereocenters. The number of aromatic hydroxyl groups is 1. The number of phenolic OH excluding ortho intramolecular Hbond substituents is 1. The van der Waals surface area contributed by atoms with Crippen LogP contribution in [0.25, 0.3) is 21.9 Å². The minimum absolute atomic E-state index is 0.0967. The fraction of sp³-hybridized carbons (Fsp3) is 0.0625. The van der Waals surface area contributed by atoms with Crippen LogP contribution in [-0.4, -0.2) is 17.2 Å². The summed E-state index contributed by atoms with van der Waals surface area (Å²) in [5.74, 6) is 0.853. The lowest BCUT2D eigenvalue weighted by atomic mass is 10.00. The molecule has 0 aliphatic rings. The number of nitrogens with one attached hydrogen (secondary N) is 1. The van der Waals surface area contributed by atoms with Gasteiger partial charge in [0, 0.05) is 17.1 Å². The quantitative estimate of drug-likeness (QED) is 0.750. The van der Waals surface area contributed by atoms with Gasteiger partial charge in [0.15, 0.2) is 0 Å². The molecule has 0 saturated carbocycles. The van der Waals surface area contributed by atoms with Gasteiger partial charge in [0.05, 0.1) is 12.5 Å². The van der Waals surface area contributed by atoms with E-state index in [4.69, 9.17) is 4.74 Å². The number of ether oxygens (including phenoxy) is 1. The molecule has 100 valence electrons. The molecule has 3 aromatic rings. The van der Waals surface area contributed by atoms with Gasteiger partial charge in [-0.3, -0.25) is 4.79 Å². The predicted octanol–water partition coefficient (Wildman–Crippen LogP) is 2.91. The van der Waals surface area contributed by atoms with Crippen LogP contribution in [-0.2, 0) is 0 Å². The zero-order valence-electron chi connectivity index (χ0n) is 10.9. The summed E-state index contributed by atoms with van der Waals surface area (Å²) in [6, 6.07) is 12.4. The maximum absolute atomic E-state index is 11.8. The van der Waals surface area contributed by atoms with Gasteiger partial charge in [0.25, 0.3) is 5.56 Å². The Hall–Kier alpha value is -2.75. The first-order valence-electron chi connectivity index (χ1n) is 6.18. The minimum Gasteiger partial charge on any atom is -0.507 e. The normalized spacial score (nSPS) is 10.7. The highest BCUT2D eigenvalue weighted by Gasteiger charge is 2.10. The molecule has 0 fully saturated rings. The molecule has 2 aromatic carbocycles. The van der Waals surface area contributed by atoms with E-state index >= 15 is 0 Å². The Kier molecular flexibility index (Phi) is 2.91. The van der Waals surface area contributed by atoms with Crippen LogP contribution in [0.5, 0.6) is 11.5 Å². The second-order valence-corrected chi connectivity index (χ2v) is 4.46. The van der Waals surface area contributed by atoms with Crippen molar-refractivity contribution in [2.75, 3.05) is 7.11 Å². The monoisotopic (exact) mass is 267 g/mol. The molecule has 4 heteroatoms. The SMILES string of the molecule is COc1ccc(-c2c[nH]c(=O)c3cccc(O)c23)cc1. The molecule has 3 rings (SSSR count). The number of phenols is 1. The highest BCUT2D eigenvalue weighted by atomic mass is 16.5. The molecule has 0 radical (unpaired) electrons. The van der Waals surface area contributed by atoms with Gasteiger partial charge in [0.2, 0.25) is 0 Å². The Labute approximate surface area is 115 Å². The Balaban J connectivity index is 2.30. The van der Waals surface area contributed by atoms with E-state index in [1.807, 2.05) is 24.3 Å². The third kappa shape index (κ3) is 1.91. The molecular formula is C16H13NO3. The summed E-state index contributed by atoms with van der Waals surface area (Å²) in [5, 5.41) is 11.1. The summed E-state index contributed by atoms with van der Waals surface area (Å²) in [5.41, 5.74) is 1.46. The average molecular weight is 267 g/mol. The van der Waals surface area contributed by atoms with E-state index in [9.17, 15) is 9.90 Å². The maximum Gasteiger partial charge on any atom is 0.255 e. The van der Waals surface area contributed by atoms with Crippen molar-refractivity contribution in [1.29, 1.82) is 0 Å². The first-order chi connectivity index (χ1) is 9.70. The van der Waals surface area contributed by atoms with Crippen molar-refractivity contribution in [3.63, 3.8) is 0 Å². The molecular weight excluding hydrogens is 254 g/mol. The fourth-order valence-corrected chi connectivity index (χ4v) is 2.30. The number of aromatic nitrogens is 1. The molecule has 1 aromatic heterocycles. The molecule has 4 nitrogen and oxygen atoms in total. The summed E-state index contributed by atoms with van der Waals surface area (Å²) in [6.07, 6.45) is 1.62. The van der Waals surface area contributed by atoms with Crippen LogP contribution in [0, 0.1) is 0 Å². The van der Waals surface area contributed by atoms with E-state index in [0.29, 0.717) is 10.8 Å². The van der Waals surface area contributed by atoms with Crippen LogP contribution in [0.4, 0.5) is 0 Å². The topological polar surface area (TPSA) is 62.3 Å². The smallest absolute Gasteiger partial charge is 0.255 e. The highest BCUT2D eigenvalue weighted by molar-refractivity contribution is 5.99. The molecule has 0 aliphatic heterocycles. The highest BCUT2D eigenvalue weighted by Crippen LogP contribution is 2.33. The maximum atomic E-state index is 11.8. The van der Waals surface area contributed by atoms with Crippen molar-refractivity contribution >= 4 is 10.8 Å². The number of benzene rings is 2. The predicted molar refractivity (Wildman–Crippen MR) is 78.2 cm³/mol. The summed E-state index contributed by atoms with van der Waals surface area (Å²) < 4.78 is 5.13. The Morgan fingerprint density at radius 1 is 1.10 bits per heavy atom. The third-order valence-corrected chi connectivity index (χ3v) is 3.31. The second-order valence-electron chi connectivity index (χ2n) is 4.46. The minimum atomic E-state index is -0.215. The largest absolute Gasteiger partial charge is 0.507 e. The first kappa shape index (κ1) is 12.3. The summed E-state index contributed by atoms with van der Waals surface area (Å²) in [7, 11) is 1.61. The van der Waals surface area contributed by atoms with Gasteiger partial charge in [-0.05, 0) is 29.8 Å². The van der Waals surface area contributed by atoms with Crippen LogP contribution in [0.2, 0.25) is 0 Å². The van der Waals surface area contributed by atoms with E-state index in [0.717, 1.165) is 16.9 Å². The molecule has 1 heterocycles. The van der Waals surface area contributed by atoms with Crippen molar-refractivity contribution in [3.05, 3.63) is 59.0 Å². The van der Waals surface area contributed by atoms with Gasteiger partial charge in [-0.2, -0.15) is 0 Å². The van der Waals surface area contributed by atoms with Crippen molar-refractivity contribution in [1.82, 2.24) is 4.98 Å². The van der Waals surface area contributed by atoms with Crippen molar-refractivity contribution in [3.8, 4) is 22.6 Å². The summed E-state index contributed by atoms with van der Waals surface area (Å²) in [4.78, 5) is 14.5. The lowest BCUT2D eigenvalue weighted by Crippen LogP contribution is -2.05. The zero-order chi connectivity index (χ0) is 14.1. The van der Waals surface area contributed by atoms with E-state index < -0.39 is 0 Å². The van der Waals surface area contributed by atoms with E-state index in [-0.39, 0.29) is 11.3 Å². The second kappa shape index (κ2) is 4.74. The van der Waals surface area contributed by atoms with E-state index in [2.05, 4.69) is 4.98 Å². The van der Waals surface area contributed by atoms with Crippen molar-refractivity contribution < 1.29 is 9.84 Å². The first-order valence-corrected chi connectivity index (χ1v) is 6.18.